The number of methoxy groups -OCH3 is 1. The average molecular weight is 465 g/mol. The maximum atomic E-state index is 15.2. The maximum absolute atomic E-state index is 15.2. The van der Waals surface area contributed by atoms with Gasteiger partial charge in [-0.3, -0.25) is 4.79 Å². The summed E-state index contributed by atoms with van der Waals surface area (Å²) in [5.41, 5.74) is -4.19. The summed E-state index contributed by atoms with van der Waals surface area (Å²) in [4.78, 5) is 31.9. The van der Waals surface area contributed by atoms with Crippen LogP contribution in [0.3, 0.4) is 0 Å². The molecule has 0 unspecified atom stereocenters. The molecule has 0 aliphatic carbocycles. The first-order valence-corrected chi connectivity index (χ1v) is 8.87. The summed E-state index contributed by atoms with van der Waals surface area (Å²) < 4.78 is 59.1. The molecule has 0 bridgehead atoms. The Kier molecular flexibility index (Phi) is 7.26. The summed E-state index contributed by atoms with van der Waals surface area (Å²) in [6.07, 6.45) is -5.25. The van der Waals surface area contributed by atoms with Crippen LogP contribution >= 0.6 is 11.6 Å². The highest BCUT2D eigenvalue weighted by Crippen LogP contribution is 2.32. The summed E-state index contributed by atoms with van der Waals surface area (Å²) in [7, 11) is 0.908. The second kappa shape index (κ2) is 9.33. The monoisotopic (exact) mass is 464 g/mol. The predicted octanol–water partition coefficient (Wildman–Crippen LogP) is 2.37. The first-order chi connectivity index (χ1) is 14.4. The van der Waals surface area contributed by atoms with E-state index in [2.05, 4.69) is 10.1 Å². The summed E-state index contributed by atoms with van der Waals surface area (Å²) >= 11 is 5.97. The largest absolute Gasteiger partial charge is 0.545 e. The van der Waals surface area contributed by atoms with Crippen LogP contribution in [0.2, 0.25) is 5.02 Å². The SMILES string of the molecule is COc1nc(C(F)(F)F)cc(=O)n1-c1cc(C(=O)[O-])c(Cl)c(CCON=C(C)C)c1F. The van der Waals surface area contributed by atoms with Crippen LogP contribution in [-0.2, 0) is 17.4 Å². The zero-order chi connectivity index (χ0) is 23.5. The predicted molar refractivity (Wildman–Crippen MR) is 99.1 cm³/mol. The molecule has 1 aromatic heterocycles. The maximum Gasteiger partial charge on any atom is 0.433 e. The first-order valence-electron chi connectivity index (χ1n) is 8.49. The minimum atomic E-state index is -4.97. The van der Waals surface area contributed by atoms with E-state index >= 15 is 4.39 Å². The lowest BCUT2D eigenvalue weighted by molar-refractivity contribution is -0.255. The number of carbonyl (C=O) groups is 1. The highest BCUT2D eigenvalue weighted by atomic mass is 35.5. The van der Waals surface area contributed by atoms with Crippen molar-refractivity contribution in [3.05, 3.63) is 50.1 Å². The van der Waals surface area contributed by atoms with Crippen molar-refractivity contribution < 1.29 is 37.0 Å². The number of aromatic nitrogens is 2. The standard InChI is InChI=1S/C18H16ClF4N3O5/c1-8(2)25-31-5-4-9-14(19)10(16(28)29)6-11(15(9)20)26-13(27)7-12(18(21,22)23)24-17(26)30-3/h6-7H,4-5H2,1-3H3,(H,28,29)/p-1. The van der Waals surface area contributed by atoms with Crippen LogP contribution in [0.15, 0.2) is 22.1 Å². The van der Waals surface area contributed by atoms with Gasteiger partial charge >= 0.3 is 12.2 Å². The lowest BCUT2D eigenvalue weighted by atomic mass is 10.0. The number of carbonyl (C=O) groups excluding carboxylic acids is 1. The molecule has 1 heterocycles. The van der Waals surface area contributed by atoms with Gasteiger partial charge in [0, 0.05) is 23.6 Å². The van der Waals surface area contributed by atoms with Crippen molar-refractivity contribution >= 4 is 23.3 Å². The van der Waals surface area contributed by atoms with E-state index in [1.54, 1.807) is 13.8 Å². The third kappa shape index (κ3) is 5.32. The van der Waals surface area contributed by atoms with Crippen LogP contribution in [0.1, 0.15) is 35.5 Å². The normalized spacial score (nSPS) is 11.2. The summed E-state index contributed by atoms with van der Waals surface area (Å²) in [6.45, 7) is 3.06. The fourth-order valence-corrected chi connectivity index (χ4v) is 2.80. The second-order valence-corrected chi connectivity index (χ2v) is 6.64. The first kappa shape index (κ1) is 24.1. The van der Waals surface area contributed by atoms with Crippen LogP contribution < -0.4 is 15.4 Å². The zero-order valence-electron chi connectivity index (χ0n) is 16.3. The van der Waals surface area contributed by atoms with Gasteiger partial charge in [0.2, 0.25) is 0 Å². The molecule has 168 valence electrons. The van der Waals surface area contributed by atoms with Crippen molar-refractivity contribution in [2.75, 3.05) is 13.7 Å². The molecule has 0 amide bonds. The van der Waals surface area contributed by atoms with Crippen LogP contribution in [0.4, 0.5) is 17.6 Å². The van der Waals surface area contributed by atoms with E-state index in [9.17, 15) is 27.9 Å². The minimum absolute atomic E-state index is 0.122. The molecule has 0 saturated carbocycles. The lowest BCUT2D eigenvalue weighted by Crippen LogP contribution is -2.28. The molecule has 0 aliphatic heterocycles. The summed E-state index contributed by atoms with van der Waals surface area (Å²) in [5.74, 6) is -2.99. The molecule has 0 spiro atoms. The van der Waals surface area contributed by atoms with E-state index in [-0.39, 0.29) is 24.7 Å². The molecule has 1 aromatic carbocycles. The Hall–Kier alpha value is -3.15. The van der Waals surface area contributed by atoms with E-state index < -0.39 is 51.5 Å². The molecule has 2 aromatic rings. The van der Waals surface area contributed by atoms with Gasteiger partial charge in [-0.05, 0) is 19.9 Å². The lowest BCUT2D eigenvalue weighted by Gasteiger charge is -2.18. The molecule has 2 rings (SSSR count). The van der Waals surface area contributed by atoms with Crippen molar-refractivity contribution in [1.82, 2.24) is 9.55 Å². The number of ether oxygens (including phenoxy) is 1. The Balaban J connectivity index is 2.73. The summed E-state index contributed by atoms with van der Waals surface area (Å²) in [5, 5.41) is 14.6. The van der Waals surface area contributed by atoms with Gasteiger partial charge in [-0.15, -0.1) is 0 Å². The van der Waals surface area contributed by atoms with Gasteiger partial charge in [0.05, 0.1) is 29.5 Å². The van der Waals surface area contributed by atoms with Gasteiger partial charge in [-0.1, -0.05) is 16.8 Å². The Bertz CT molecular complexity index is 1100. The second-order valence-electron chi connectivity index (χ2n) is 6.26. The molecule has 0 aliphatic rings. The van der Waals surface area contributed by atoms with Crippen LogP contribution in [0, 0.1) is 5.82 Å². The van der Waals surface area contributed by atoms with Crippen LogP contribution in [0.5, 0.6) is 6.01 Å². The number of rotatable bonds is 7. The van der Waals surface area contributed by atoms with E-state index in [0.29, 0.717) is 16.3 Å². The van der Waals surface area contributed by atoms with Gasteiger partial charge in [0.15, 0.2) is 11.5 Å². The molecule has 8 nitrogen and oxygen atoms in total. The smallest absolute Gasteiger partial charge is 0.433 e. The van der Waals surface area contributed by atoms with E-state index in [4.69, 9.17) is 21.2 Å². The number of hydrogen-bond acceptors (Lipinski definition) is 7. The number of carboxylic acid groups (broad SMARTS) is 1. The Labute approximate surface area is 177 Å². The van der Waals surface area contributed by atoms with Gasteiger partial charge in [0.1, 0.15) is 6.61 Å². The molecule has 0 N–H and O–H groups in total. The number of alkyl halides is 3. The van der Waals surface area contributed by atoms with Gasteiger partial charge in [0.25, 0.3) is 5.56 Å². The van der Waals surface area contributed by atoms with Gasteiger partial charge in [-0.2, -0.15) is 18.2 Å². The van der Waals surface area contributed by atoms with Crippen molar-refractivity contribution in [3.8, 4) is 11.7 Å². The molecule has 0 fully saturated rings. The van der Waals surface area contributed by atoms with Gasteiger partial charge < -0.3 is 19.5 Å². The Morgan fingerprint density at radius 2 is 1.97 bits per heavy atom. The third-order valence-corrected chi connectivity index (χ3v) is 4.22. The molecule has 13 heteroatoms. The van der Waals surface area contributed by atoms with Crippen molar-refractivity contribution in [2.45, 2.75) is 26.4 Å². The van der Waals surface area contributed by atoms with Crippen LogP contribution in [-0.4, -0.2) is 34.9 Å². The number of nitrogens with zero attached hydrogens (tertiary/aromatic N) is 3. The number of hydrogen-bond donors (Lipinski definition) is 0. The molecule has 0 atom stereocenters. The zero-order valence-corrected chi connectivity index (χ0v) is 17.1. The topological polar surface area (TPSA) is 106 Å². The van der Waals surface area contributed by atoms with Crippen molar-refractivity contribution in [3.63, 3.8) is 0 Å². The molecule has 31 heavy (non-hydrogen) atoms. The number of carboxylic acids is 1. The minimum Gasteiger partial charge on any atom is -0.545 e. The number of oxime groups is 1. The van der Waals surface area contributed by atoms with Crippen LogP contribution in [0.25, 0.3) is 5.69 Å². The Morgan fingerprint density at radius 3 is 2.48 bits per heavy atom. The molecule has 0 saturated heterocycles. The third-order valence-electron chi connectivity index (χ3n) is 3.78. The fraction of sp³-hybridized carbons (Fsp3) is 0.333. The summed E-state index contributed by atoms with van der Waals surface area (Å²) in [6, 6.07) is -0.153. The number of benzene rings is 1. The highest BCUT2D eigenvalue weighted by molar-refractivity contribution is 6.34. The quantitative estimate of drug-likeness (QED) is 0.269. The molecule has 0 radical (unpaired) electrons. The molecular formula is C18H15ClF4N3O5-. The highest BCUT2D eigenvalue weighted by Gasteiger charge is 2.35. The fourth-order valence-electron chi connectivity index (χ4n) is 2.50. The molecular weight excluding hydrogens is 450 g/mol. The number of halogens is 5. The number of aromatic carboxylic acids is 1. The van der Waals surface area contributed by atoms with Crippen molar-refractivity contribution in [2.24, 2.45) is 5.16 Å². The van der Waals surface area contributed by atoms with E-state index in [1.165, 1.54) is 0 Å². The van der Waals surface area contributed by atoms with E-state index in [0.717, 1.165) is 7.11 Å². The Morgan fingerprint density at radius 1 is 1.32 bits per heavy atom. The average Bonchev–Trinajstić information content (AvgIpc) is 2.66. The van der Waals surface area contributed by atoms with Crippen molar-refractivity contribution in [1.29, 1.82) is 0 Å². The van der Waals surface area contributed by atoms with Gasteiger partial charge in [-0.25, -0.2) is 8.96 Å². The van der Waals surface area contributed by atoms with E-state index in [1.807, 2.05) is 0 Å².